The maximum Gasteiger partial charge on any atom is 0.415 e. The lowest BCUT2D eigenvalue weighted by Crippen LogP contribution is -2.48. The van der Waals surface area contributed by atoms with Crippen LogP contribution in [0.3, 0.4) is 0 Å². The predicted octanol–water partition coefficient (Wildman–Crippen LogP) is 3.52. The van der Waals surface area contributed by atoms with Crippen molar-refractivity contribution in [2.24, 2.45) is 5.73 Å². The number of carbonyl (C=O) groups is 1. The van der Waals surface area contributed by atoms with E-state index in [9.17, 15) is 31.1 Å². The van der Waals surface area contributed by atoms with Crippen molar-refractivity contribution >= 4 is 16.8 Å². The van der Waals surface area contributed by atoms with Crippen molar-refractivity contribution in [2.45, 2.75) is 31.5 Å². The number of hydrogen-bond acceptors (Lipinski definition) is 5. The summed E-state index contributed by atoms with van der Waals surface area (Å²) in [7, 11) is 0. The molecule has 7 nitrogen and oxygen atoms in total. The minimum absolute atomic E-state index is 0.0616. The molecule has 1 aromatic carbocycles. The van der Waals surface area contributed by atoms with E-state index >= 15 is 0 Å². The molecular weight excluding hydrogens is 468 g/mol. The first-order valence-electron chi connectivity index (χ1n) is 10.1. The number of nitrogens with zero attached hydrogens (tertiary/aromatic N) is 4. The lowest BCUT2D eigenvalue weighted by atomic mass is 10.0. The topological polar surface area (TPSA) is 86.3 Å². The molecule has 2 N–H and O–H groups in total. The SMILES string of the molecule is NC(=O)c1cc(-c2cnn(CC(F)(F)F)c2)c2ccc(CN3CCOC(C(F)(F)F)C3)cc2n1. The van der Waals surface area contributed by atoms with E-state index in [1.165, 1.54) is 18.5 Å². The zero-order chi connectivity index (χ0) is 24.7. The van der Waals surface area contributed by atoms with Crippen LogP contribution in [0.4, 0.5) is 26.3 Å². The third kappa shape index (κ3) is 5.47. The molecule has 34 heavy (non-hydrogen) atoms. The van der Waals surface area contributed by atoms with Crippen LogP contribution in [-0.4, -0.2) is 63.7 Å². The minimum atomic E-state index is -4.47. The fourth-order valence-corrected chi connectivity index (χ4v) is 3.81. The van der Waals surface area contributed by atoms with Crippen LogP contribution in [0.1, 0.15) is 16.1 Å². The van der Waals surface area contributed by atoms with Crippen molar-refractivity contribution in [3.05, 3.63) is 47.9 Å². The molecule has 0 spiro atoms. The molecular formula is C21H19F6N5O2. The van der Waals surface area contributed by atoms with Gasteiger partial charge in [-0.05, 0) is 23.3 Å². The van der Waals surface area contributed by atoms with Crippen LogP contribution in [0.2, 0.25) is 0 Å². The molecule has 1 unspecified atom stereocenters. The fourth-order valence-electron chi connectivity index (χ4n) is 3.81. The van der Waals surface area contributed by atoms with E-state index in [1.807, 2.05) is 0 Å². The number of halogens is 6. The third-order valence-corrected chi connectivity index (χ3v) is 5.33. The van der Waals surface area contributed by atoms with Gasteiger partial charge in [0.1, 0.15) is 12.2 Å². The smallest absolute Gasteiger partial charge is 0.366 e. The van der Waals surface area contributed by atoms with Crippen molar-refractivity contribution in [2.75, 3.05) is 19.7 Å². The van der Waals surface area contributed by atoms with Crippen molar-refractivity contribution in [1.29, 1.82) is 0 Å². The fraction of sp³-hybridized carbons (Fsp3) is 0.381. The highest BCUT2D eigenvalue weighted by atomic mass is 19.4. The van der Waals surface area contributed by atoms with Crippen LogP contribution in [0.15, 0.2) is 36.7 Å². The number of amides is 1. The van der Waals surface area contributed by atoms with E-state index in [1.54, 1.807) is 23.1 Å². The second-order valence-corrected chi connectivity index (χ2v) is 7.95. The van der Waals surface area contributed by atoms with Gasteiger partial charge < -0.3 is 10.5 Å². The number of ether oxygens (including phenoxy) is 1. The van der Waals surface area contributed by atoms with Crippen LogP contribution in [0, 0.1) is 0 Å². The number of hydrogen-bond donors (Lipinski definition) is 1. The highest BCUT2D eigenvalue weighted by Crippen LogP contribution is 2.31. The van der Waals surface area contributed by atoms with Crippen LogP contribution >= 0.6 is 0 Å². The minimum Gasteiger partial charge on any atom is -0.366 e. The standard InChI is InChI=1S/C21H19F6N5O2/c22-20(23,24)11-32-9-13(7-29-32)15-6-17(19(28)33)30-16-5-12(1-2-14(15)16)8-31-3-4-34-18(10-31)21(25,26)27/h1-2,5-7,9,18H,3-4,8,10-11H2,(H2,28,33). The Morgan fingerprint density at radius 1 is 1.18 bits per heavy atom. The summed E-state index contributed by atoms with van der Waals surface area (Å²) in [5.74, 6) is -0.836. The summed E-state index contributed by atoms with van der Waals surface area (Å²) in [6.45, 7) is -1.16. The summed E-state index contributed by atoms with van der Waals surface area (Å²) < 4.78 is 82.6. The van der Waals surface area contributed by atoms with Crippen molar-refractivity contribution in [3.63, 3.8) is 0 Å². The number of nitrogens with two attached hydrogens (primary N) is 1. The van der Waals surface area contributed by atoms with Crippen molar-refractivity contribution in [1.82, 2.24) is 19.7 Å². The van der Waals surface area contributed by atoms with Gasteiger partial charge in [0.05, 0.1) is 18.3 Å². The van der Waals surface area contributed by atoms with Gasteiger partial charge >= 0.3 is 12.4 Å². The summed E-state index contributed by atoms with van der Waals surface area (Å²) >= 11 is 0. The third-order valence-electron chi connectivity index (χ3n) is 5.33. The van der Waals surface area contributed by atoms with Gasteiger partial charge in [0, 0.05) is 36.8 Å². The van der Waals surface area contributed by atoms with Crippen molar-refractivity contribution in [3.8, 4) is 11.1 Å². The average Bonchev–Trinajstić information content (AvgIpc) is 3.18. The summed E-state index contributed by atoms with van der Waals surface area (Å²) in [6.07, 6.45) is -8.36. The largest absolute Gasteiger partial charge is 0.415 e. The van der Waals surface area contributed by atoms with E-state index in [2.05, 4.69) is 10.1 Å². The van der Waals surface area contributed by atoms with Crippen LogP contribution in [0.5, 0.6) is 0 Å². The van der Waals surface area contributed by atoms with E-state index < -0.39 is 30.9 Å². The molecule has 1 aliphatic heterocycles. The molecule has 0 aliphatic carbocycles. The summed E-state index contributed by atoms with van der Waals surface area (Å²) in [6, 6.07) is 6.33. The van der Waals surface area contributed by atoms with Crippen LogP contribution in [0.25, 0.3) is 22.0 Å². The number of pyridine rings is 1. The molecule has 1 amide bonds. The molecule has 0 radical (unpaired) electrons. The van der Waals surface area contributed by atoms with Crippen molar-refractivity contribution < 1.29 is 35.9 Å². The molecule has 1 saturated heterocycles. The summed E-state index contributed by atoms with van der Waals surface area (Å²) in [4.78, 5) is 17.6. The Balaban J connectivity index is 1.66. The first-order chi connectivity index (χ1) is 15.9. The lowest BCUT2D eigenvalue weighted by Gasteiger charge is -2.33. The van der Waals surface area contributed by atoms with Gasteiger partial charge in [-0.1, -0.05) is 12.1 Å². The highest BCUT2D eigenvalue weighted by Gasteiger charge is 2.43. The van der Waals surface area contributed by atoms with Gasteiger partial charge in [0.25, 0.3) is 5.91 Å². The van der Waals surface area contributed by atoms with Gasteiger partial charge in [0.2, 0.25) is 0 Å². The normalized spacial score (nSPS) is 17.9. The Kier molecular flexibility index (Phi) is 6.25. The molecule has 2 aromatic heterocycles. The number of aromatic nitrogens is 3. The Labute approximate surface area is 189 Å². The average molecular weight is 487 g/mol. The zero-order valence-corrected chi connectivity index (χ0v) is 17.5. The van der Waals surface area contributed by atoms with E-state index in [-0.39, 0.29) is 25.4 Å². The lowest BCUT2D eigenvalue weighted by molar-refractivity contribution is -0.237. The molecule has 1 fully saturated rings. The van der Waals surface area contributed by atoms with Crippen LogP contribution in [-0.2, 0) is 17.8 Å². The summed E-state index contributed by atoms with van der Waals surface area (Å²) in [5.41, 5.74) is 6.98. The molecule has 1 aliphatic rings. The number of alkyl halides is 6. The summed E-state index contributed by atoms with van der Waals surface area (Å²) in [5, 5.41) is 4.25. The second kappa shape index (κ2) is 8.87. The molecule has 13 heteroatoms. The monoisotopic (exact) mass is 487 g/mol. The number of fused-ring (bicyclic) bond motifs is 1. The molecule has 3 aromatic rings. The van der Waals surface area contributed by atoms with Crippen LogP contribution < -0.4 is 5.73 Å². The Bertz CT molecular complexity index is 1210. The Hall–Kier alpha value is -3.19. The van der Waals surface area contributed by atoms with Gasteiger partial charge in [-0.25, -0.2) is 4.98 Å². The molecule has 0 bridgehead atoms. The number of morpholine rings is 1. The maximum atomic E-state index is 13.0. The number of carbonyl (C=O) groups excluding carboxylic acids is 1. The number of rotatable bonds is 5. The molecule has 0 saturated carbocycles. The molecule has 4 rings (SSSR count). The second-order valence-electron chi connectivity index (χ2n) is 7.95. The molecule has 1 atom stereocenters. The number of primary amides is 1. The van der Waals surface area contributed by atoms with Gasteiger partial charge in [-0.3, -0.25) is 14.4 Å². The van der Waals surface area contributed by atoms with E-state index in [0.29, 0.717) is 34.1 Å². The van der Waals surface area contributed by atoms with E-state index in [0.717, 1.165) is 4.68 Å². The number of benzene rings is 1. The Morgan fingerprint density at radius 2 is 1.94 bits per heavy atom. The Morgan fingerprint density at radius 3 is 2.62 bits per heavy atom. The van der Waals surface area contributed by atoms with Gasteiger partial charge in [-0.15, -0.1) is 0 Å². The highest BCUT2D eigenvalue weighted by molar-refractivity contribution is 6.00. The first-order valence-corrected chi connectivity index (χ1v) is 10.1. The zero-order valence-electron chi connectivity index (χ0n) is 17.5. The van der Waals surface area contributed by atoms with E-state index in [4.69, 9.17) is 10.5 Å². The molecule has 3 heterocycles. The van der Waals surface area contributed by atoms with Gasteiger partial charge in [0.15, 0.2) is 6.10 Å². The van der Waals surface area contributed by atoms with Gasteiger partial charge in [-0.2, -0.15) is 31.4 Å². The quantitative estimate of drug-likeness (QED) is 0.557. The first kappa shape index (κ1) is 24.0. The molecule has 182 valence electrons. The predicted molar refractivity (Wildman–Crippen MR) is 109 cm³/mol. The maximum absolute atomic E-state index is 13.0.